The van der Waals surface area contributed by atoms with E-state index in [0.717, 1.165) is 44.8 Å². The van der Waals surface area contributed by atoms with E-state index in [0.29, 0.717) is 6.42 Å². The van der Waals surface area contributed by atoms with Crippen molar-refractivity contribution in [1.82, 2.24) is 10.2 Å². The molecule has 0 unspecified atom stereocenters. The van der Waals surface area contributed by atoms with E-state index in [1.807, 2.05) is 19.1 Å². The summed E-state index contributed by atoms with van der Waals surface area (Å²) in [6.45, 7) is 6.31. The lowest BCUT2D eigenvalue weighted by atomic mass is 9.69. The second-order valence-electron chi connectivity index (χ2n) is 7.56. The number of fused-ring (bicyclic) bond motifs is 1. The van der Waals surface area contributed by atoms with Gasteiger partial charge in [-0.1, -0.05) is 41.9 Å². The summed E-state index contributed by atoms with van der Waals surface area (Å²) in [7, 11) is 0. The molecule has 1 atom stereocenters. The van der Waals surface area contributed by atoms with E-state index in [1.54, 1.807) is 0 Å². The topological polar surface area (TPSA) is 57.8 Å². The lowest BCUT2D eigenvalue weighted by Crippen LogP contribution is -2.33. The summed E-state index contributed by atoms with van der Waals surface area (Å²) in [6.07, 6.45) is 1.45. The van der Waals surface area contributed by atoms with Gasteiger partial charge in [0.05, 0.1) is 0 Å². The van der Waals surface area contributed by atoms with Gasteiger partial charge in [0.1, 0.15) is 0 Å². The highest BCUT2D eigenvalue weighted by Gasteiger charge is 2.42. The van der Waals surface area contributed by atoms with Crippen LogP contribution in [0.4, 0.5) is 5.82 Å². The molecule has 0 amide bonds. The number of carbonyl (C=O) groups is 1. The van der Waals surface area contributed by atoms with E-state index >= 15 is 0 Å². The highest BCUT2D eigenvalue weighted by Crippen LogP contribution is 2.49. The van der Waals surface area contributed by atoms with Crippen molar-refractivity contribution in [2.24, 2.45) is 5.41 Å². The maximum atomic E-state index is 13.0. The number of halogens is 1. The first-order chi connectivity index (χ1) is 11.4. The monoisotopic (exact) mass is 385 g/mol. The molecule has 0 saturated heterocycles. The van der Waals surface area contributed by atoms with Gasteiger partial charge in [-0.15, -0.1) is 0 Å². The first-order valence-corrected chi connectivity index (χ1v) is 8.98. The second-order valence-corrected chi connectivity index (χ2v) is 8.47. The lowest BCUT2D eigenvalue weighted by Gasteiger charge is -2.38. The molecule has 1 aliphatic heterocycles. The second kappa shape index (κ2) is 5.31. The number of rotatable bonds is 1. The molecule has 1 aliphatic carbocycles. The largest absolute Gasteiger partial charge is 0.342 e. The summed E-state index contributed by atoms with van der Waals surface area (Å²) in [6, 6.07) is 8.22. The predicted octanol–water partition coefficient (Wildman–Crippen LogP) is 4.68. The number of nitrogens with one attached hydrogen (secondary N) is 2. The molecule has 1 aromatic carbocycles. The summed E-state index contributed by atoms with van der Waals surface area (Å²) < 4.78 is 1.02. The van der Waals surface area contributed by atoms with Crippen molar-refractivity contribution >= 4 is 27.5 Å². The summed E-state index contributed by atoms with van der Waals surface area (Å²) >= 11 is 3.56. The minimum Gasteiger partial charge on any atom is -0.342 e. The normalized spacial score (nSPS) is 22.0. The number of anilines is 1. The number of H-pyrrole nitrogens is 1. The summed E-state index contributed by atoms with van der Waals surface area (Å²) in [5, 5.41) is 10.9. The van der Waals surface area contributed by atoms with Crippen LogP contribution < -0.4 is 5.32 Å². The molecule has 4 nitrogen and oxygen atoms in total. The number of ketones is 1. The Kier molecular flexibility index (Phi) is 3.46. The van der Waals surface area contributed by atoms with Crippen LogP contribution in [0.15, 0.2) is 40.0 Å². The number of aromatic amines is 1. The molecule has 24 heavy (non-hydrogen) atoms. The maximum Gasteiger partial charge on any atom is 0.162 e. The van der Waals surface area contributed by atoms with Gasteiger partial charge in [-0.2, -0.15) is 5.10 Å². The van der Waals surface area contributed by atoms with E-state index in [-0.39, 0.29) is 17.1 Å². The Morgan fingerprint density at radius 3 is 2.83 bits per heavy atom. The third-order valence-corrected chi connectivity index (χ3v) is 5.44. The third kappa shape index (κ3) is 2.42. The third-order valence-electron chi connectivity index (χ3n) is 4.94. The van der Waals surface area contributed by atoms with E-state index in [4.69, 9.17) is 0 Å². The fourth-order valence-corrected chi connectivity index (χ4v) is 4.39. The van der Waals surface area contributed by atoms with Crippen LogP contribution >= 0.6 is 15.9 Å². The molecule has 4 rings (SSSR count). The Balaban J connectivity index is 1.95. The van der Waals surface area contributed by atoms with Gasteiger partial charge in [0.15, 0.2) is 11.6 Å². The molecule has 0 fully saturated rings. The SMILES string of the molecule is Cc1[nH]nc2c1[C@@H](c1cccc(Br)c1)C1=C(CC(C)(C)CC1=O)N2. The average molecular weight is 386 g/mol. The zero-order valence-corrected chi connectivity index (χ0v) is 15.6. The summed E-state index contributed by atoms with van der Waals surface area (Å²) in [5.74, 6) is 1.03. The summed E-state index contributed by atoms with van der Waals surface area (Å²) in [5.41, 5.74) is 5.13. The highest BCUT2D eigenvalue weighted by molar-refractivity contribution is 9.10. The molecule has 5 heteroatoms. The van der Waals surface area contributed by atoms with Crippen LogP contribution in [0.25, 0.3) is 0 Å². The zero-order valence-electron chi connectivity index (χ0n) is 14.0. The number of hydrogen-bond acceptors (Lipinski definition) is 3. The number of hydrogen-bond donors (Lipinski definition) is 2. The molecule has 2 N–H and O–H groups in total. The van der Waals surface area contributed by atoms with Gasteiger partial charge in [0.2, 0.25) is 0 Å². The number of Topliss-reactive ketones (excluding diaryl/α,β-unsaturated/α-hetero) is 1. The molecular weight excluding hydrogens is 366 g/mol. The Hall–Kier alpha value is -1.88. The van der Waals surface area contributed by atoms with Gasteiger partial charge in [-0.05, 0) is 36.5 Å². The van der Waals surface area contributed by atoms with Gasteiger partial charge in [-0.25, -0.2) is 0 Å². The molecule has 0 spiro atoms. The first-order valence-electron chi connectivity index (χ1n) is 8.19. The molecular formula is C19H20BrN3O. The van der Waals surface area contributed by atoms with Gasteiger partial charge >= 0.3 is 0 Å². The fraction of sp³-hybridized carbons (Fsp3) is 0.368. The number of benzene rings is 1. The molecule has 0 bridgehead atoms. The number of aryl methyl sites for hydroxylation is 1. The minimum atomic E-state index is -0.0592. The number of aromatic nitrogens is 2. The van der Waals surface area contributed by atoms with Crippen molar-refractivity contribution in [2.45, 2.75) is 39.5 Å². The Morgan fingerprint density at radius 1 is 1.29 bits per heavy atom. The van der Waals surface area contributed by atoms with E-state index < -0.39 is 0 Å². The van der Waals surface area contributed by atoms with E-state index in [1.165, 1.54) is 0 Å². The predicted molar refractivity (Wildman–Crippen MR) is 98.0 cm³/mol. The molecule has 0 radical (unpaired) electrons. The summed E-state index contributed by atoms with van der Waals surface area (Å²) in [4.78, 5) is 13.0. The number of nitrogens with zero attached hydrogens (tertiary/aromatic N) is 1. The van der Waals surface area contributed by atoms with Crippen molar-refractivity contribution < 1.29 is 4.79 Å². The van der Waals surface area contributed by atoms with Crippen LogP contribution in [0, 0.1) is 12.3 Å². The highest BCUT2D eigenvalue weighted by atomic mass is 79.9. The Labute approximate surface area is 149 Å². The fourth-order valence-electron chi connectivity index (χ4n) is 3.97. The van der Waals surface area contributed by atoms with E-state index in [2.05, 4.69) is 57.4 Å². The Morgan fingerprint density at radius 2 is 2.08 bits per heavy atom. The quantitative estimate of drug-likeness (QED) is 0.748. The van der Waals surface area contributed by atoms with Crippen molar-refractivity contribution in [2.75, 3.05) is 5.32 Å². The first kappa shape index (κ1) is 15.6. The van der Waals surface area contributed by atoms with Crippen LogP contribution in [-0.2, 0) is 4.79 Å². The van der Waals surface area contributed by atoms with Crippen LogP contribution in [0.5, 0.6) is 0 Å². The smallest absolute Gasteiger partial charge is 0.162 e. The van der Waals surface area contributed by atoms with Crippen LogP contribution in [0.3, 0.4) is 0 Å². The minimum absolute atomic E-state index is 0.0202. The average Bonchev–Trinajstić information content (AvgIpc) is 2.85. The van der Waals surface area contributed by atoms with Gasteiger partial charge in [0.25, 0.3) is 0 Å². The van der Waals surface area contributed by atoms with Crippen LogP contribution in [-0.4, -0.2) is 16.0 Å². The van der Waals surface area contributed by atoms with Crippen LogP contribution in [0.2, 0.25) is 0 Å². The molecule has 2 aliphatic rings. The Bertz CT molecular complexity index is 878. The number of allylic oxidation sites excluding steroid dienone is 2. The van der Waals surface area contributed by atoms with Gasteiger partial charge < -0.3 is 5.32 Å². The van der Waals surface area contributed by atoms with Crippen LogP contribution in [0.1, 0.15) is 49.4 Å². The molecule has 124 valence electrons. The van der Waals surface area contributed by atoms with Crippen molar-refractivity contribution in [3.8, 4) is 0 Å². The van der Waals surface area contributed by atoms with Gasteiger partial charge in [-0.3, -0.25) is 9.89 Å². The lowest BCUT2D eigenvalue weighted by molar-refractivity contribution is -0.118. The molecule has 1 aromatic heterocycles. The van der Waals surface area contributed by atoms with Crippen molar-refractivity contribution in [3.63, 3.8) is 0 Å². The zero-order chi connectivity index (χ0) is 17.1. The van der Waals surface area contributed by atoms with Gasteiger partial charge in [0, 0.05) is 39.3 Å². The molecule has 2 heterocycles. The molecule has 2 aromatic rings. The number of carbonyl (C=O) groups excluding carboxylic acids is 1. The van der Waals surface area contributed by atoms with E-state index in [9.17, 15) is 4.79 Å². The van der Waals surface area contributed by atoms with Crippen molar-refractivity contribution in [1.29, 1.82) is 0 Å². The standard InChI is InChI=1S/C19H20BrN3O/c1-10-15-16(11-5-4-6-12(20)7-11)17-13(21-18(15)23-22-10)8-19(2,3)9-14(17)24/h4-7,16H,8-9H2,1-3H3,(H2,21,22,23)/t16-/m1/s1. The molecule has 0 saturated carbocycles. The maximum absolute atomic E-state index is 13.0. The van der Waals surface area contributed by atoms with Crippen molar-refractivity contribution in [3.05, 3.63) is 56.8 Å².